The van der Waals surface area contributed by atoms with E-state index < -0.39 is 0 Å². The molecular formula is C18H16N2O4. The summed E-state index contributed by atoms with van der Waals surface area (Å²) in [6.45, 7) is 0. The first-order chi connectivity index (χ1) is 11.6. The van der Waals surface area contributed by atoms with Crippen LogP contribution in [0.1, 0.15) is 12.0 Å². The van der Waals surface area contributed by atoms with E-state index in [1.807, 2.05) is 6.07 Å². The summed E-state index contributed by atoms with van der Waals surface area (Å²) >= 11 is 0. The quantitative estimate of drug-likeness (QED) is 0.638. The highest BCUT2D eigenvalue weighted by Gasteiger charge is 2.36. The lowest BCUT2D eigenvalue weighted by molar-refractivity contribution is -0.120. The number of hydrogen-bond acceptors (Lipinski definition) is 5. The minimum Gasteiger partial charge on any atom is -0.497 e. The van der Waals surface area contributed by atoms with Crippen molar-refractivity contribution in [2.24, 2.45) is 0 Å². The largest absolute Gasteiger partial charge is 0.497 e. The third-order valence-corrected chi connectivity index (χ3v) is 3.72. The number of carbonyl (C=O) groups is 2. The molecule has 1 saturated heterocycles. The molecule has 0 unspecified atom stereocenters. The van der Waals surface area contributed by atoms with Crippen LogP contribution in [0.15, 0.2) is 48.3 Å². The Hall–Kier alpha value is -3.15. The maximum Gasteiger partial charge on any atom is 0.261 e. The fourth-order valence-corrected chi connectivity index (χ4v) is 2.57. The van der Waals surface area contributed by atoms with Crippen molar-refractivity contribution in [2.45, 2.75) is 6.42 Å². The number of methoxy groups -OCH3 is 2. The maximum absolute atomic E-state index is 12.7. The summed E-state index contributed by atoms with van der Waals surface area (Å²) < 4.78 is 10.5. The summed E-state index contributed by atoms with van der Waals surface area (Å²) in [5, 5.41) is 0. The molecule has 2 aromatic rings. The molecule has 0 aliphatic carbocycles. The van der Waals surface area contributed by atoms with Gasteiger partial charge in [-0.25, -0.2) is 4.90 Å². The van der Waals surface area contributed by atoms with Gasteiger partial charge in [-0.05, 0) is 29.8 Å². The zero-order valence-electron chi connectivity index (χ0n) is 13.4. The molecule has 0 atom stereocenters. The van der Waals surface area contributed by atoms with Gasteiger partial charge < -0.3 is 9.47 Å². The van der Waals surface area contributed by atoms with Gasteiger partial charge in [0, 0.05) is 24.0 Å². The van der Waals surface area contributed by atoms with Gasteiger partial charge >= 0.3 is 0 Å². The number of rotatable bonds is 4. The van der Waals surface area contributed by atoms with Crippen LogP contribution >= 0.6 is 0 Å². The number of aromatic nitrogens is 1. The van der Waals surface area contributed by atoms with Crippen LogP contribution in [0.4, 0.5) is 5.69 Å². The van der Waals surface area contributed by atoms with Gasteiger partial charge in [-0.1, -0.05) is 6.07 Å². The number of imide groups is 1. The molecule has 2 heterocycles. The van der Waals surface area contributed by atoms with E-state index in [1.54, 1.807) is 42.7 Å². The molecule has 6 heteroatoms. The Kier molecular flexibility index (Phi) is 4.29. The fraction of sp³-hybridized carbons (Fsp3) is 0.167. The molecule has 122 valence electrons. The van der Waals surface area contributed by atoms with Crippen LogP contribution in [0.3, 0.4) is 0 Å². The number of hydrogen-bond donors (Lipinski definition) is 0. The van der Waals surface area contributed by atoms with Gasteiger partial charge in [0.15, 0.2) is 0 Å². The first-order valence-corrected chi connectivity index (χ1v) is 7.34. The number of amides is 2. The lowest BCUT2D eigenvalue weighted by atomic mass is 10.1. The van der Waals surface area contributed by atoms with E-state index in [4.69, 9.17) is 9.47 Å². The number of ether oxygens (including phenoxy) is 2. The van der Waals surface area contributed by atoms with Crippen LogP contribution < -0.4 is 14.4 Å². The number of benzene rings is 1. The van der Waals surface area contributed by atoms with E-state index in [-0.39, 0.29) is 18.2 Å². The summed E-state index contributed by atoms with van der Waals surface area (Å²) in [6.07, 6.45) is 5.00. The van der Waals surface area contributed by atoms with E-state index in [2.05, 4.69) is 4.98 Å². The Labute approximate surface area is 139 Å². The van der Waals surface area contributed by atoms with Crippen LogP contribution in [-0.4, -0.2) is 31.0 Å². The second-order valence-corrected chi connectivity index (χ2v) is 5.20. The van der Waals surface area contributed by atoms with E-state index in [0.29, 0.717) is 22.8 Å². The molecule has 1 aromatic heterocycles. The summed E-state index contributed by atoms with van der Waals surface area (Å²) in [4.78, 5) is 30.2. The molecule has 2 amide bonds. The molecule has 0 saturated carbocycles. The monoisotopic (exact) mass is 324 g/mol. The maximum atomic E-state index is 12.7. The van der Waals surface area contributed by atoms with Crippen molar-refractivity contribution < 1.29 is 19.1 Å². The minimum atomic E-state index is -0.365. The van der Waals surface area contributed by atoms with E-state index >= 15 is 0 Å². The molecular weight excluding hydrogens is 308 g/mol. The molecule has 0 bridgehead atoms. The standard InChI is InChI=1S/C18H16N2O4/c1-23-14-5-6-16(24-2)15(10-14)20-17(21)9-13(18(20)22)8-12-4-3-7-19-11-12/h3-8,10-11H,9H2,1-2H3/b13-8-. The van der Waals surface area contributed by atoms with Crippen molar-refractivity contribution in [3.8, 4) is 11.5 Å². The Morgan fingerprint density at radius 3 is 2.67 bits per heavy atom. The number of pyridine rings is 1. The molecule has 0 N–H and O–H groups in total. The second-order valence-electron chi connectivity index (χ2n) is 5.20. The van der Waals surface area contributed by atoms with Crippen LogP contribution in [0.5, 0.6) is 11.5 Å². The van der Waals surface area contributed by atoms with Crippen molar-refractivity contribution in [3.05, 3.63) is 53.9 Å². The third kappa shape index (κ3) is 2.86. The highest BCUT2D eigenvalue weighted by atomic mass is 16.5. The Morgan fingerprint density at radius 1 is 1.17 bits per heavy atom. The summed E-state index contributed by atoms with van der Waals surface area (Å²) in [6, 6.07) is 8.59. The van der Waals surface area contributed by atoms with Gasteiger partial charge in [0.1, 0.15) is 11.5 Å². The van der Waals surface area contributed by atoms with Crippen LogP contribution in [0.25, 0.3) is 6.08 Å². The van der Waals surface area contributed by atoms with Crippen LogP contribution in [-0.2, 0) is 9.59 Å². The second kappa shape index (κ2) is 6.54. The van der Waals surface area contributed by atoms with Crippen molar-refractivity contribution in [3.63, 3.8) is 0 Å². The summed E-state index contributed by atoms with van der Waals surface area (Å²) in [5.74, 6) is 0.299. The highest BCUT2D eigenvalue weighted by molar-refractivity contribution is 6.30. The van der Waals surface area contributed by atoms with Gasteiger partial charge in [-0.2, -0.15) is 0 Å². The van der Waals surface area contributed by atoms with Gasteiger partial charge in [0.05, 0.1) is 26.3 Å². The predicted octanol–water partition coefficient (Wildman–Crippen LogP) is 2.45. The Balaban J connectivity index is 2.00. The third-order valence-electron chi connectivity index (χ3n) is 3.72. The molecule has 3 rings (SSSR count). The van der Waals surface area contributed by atoms with E-state index in [1.165, 1.54) is 14.2 Å². The number of anilines is 1. The average Bonchev–Trinajstić information content (AvgIpc) is 2.88. The van der Waals surface area contributed by atoms with Crippen molar-refractivity contribution in [2.75, 3.05) is 19.1 Å². The molecule has 1 aliphatic heterocycles. The minimum absolute atomic E-state index is 0.0358. The zero-order chi connectivity index (χ0) is 17.1. The SMILES string of the molecule is COc1ccc(OC)c(N2C(=O)C/C(=C/c3cccnc3)C2=O)c1. The first kappa shape index (κ1) is 15.7. The highest BCUT2D eigenvalue weighted by Crippen LogP contribution is 2.36. The molecule has 1 aromatic carbocycles. The van der Waals surface area contributed by atoms with Gasteiger partial charge in [0.2, 0.25) is 5.91 Å². The van der Waals surface area contributed by atoms with Crippen molar-refractivity contribution >= 4 is 23.6 Å². The molecule has 1 fully saturated rings. The summed E-state index contributed by atoms with van der Waals surface area (Å²) in [5.41, 5.74) is 1.56. The lowest BCUT2D eigenvalue weighted by Gasteiger charge is -2.17. The van der Waals surface area contributed by atoms with Gasteiger partial charge in [-0.15, -0.1) is 0 Å². The molecule has 0 spiro atoms. The Bertz CT molecular complexity index is 815. The number of nitrogens with zero attached hydrogens (tertiary/aromatic N) is 2. The van der Waals surface area contributed by atoms with Gasteiger partial charge in [-0.3, -0.25) is 14.6 Å². The smallest absolute Gasteiger partial charge is 0.261 e. The first-order valence-electron chi connectivity index (χ1n) is 7.34. The van der Waals surface area contributed by atoms with Gasteiger partial charge in [0.25, 0.3) is 5.91 Å². The predicted molar refractivity (Wildman–Crippen MR) is 88.9 cm³/mol. The van der Waals surface area contributed by atoms with Crippen molar-refractivity contribution in [1.29, 1.82) is 0 Å². The van der Waals surface area contributed by atoms with Crippen LogP contribution in [0.2, 0.25) is 0 Å². The topological polar surface area (TPSA) is 68.7 Å². The Morgan fingerprint density at radius 2 is 2.00 bits per heavy atom. The number of carbonyl (C=O) groups excluding carboxylic acids is 2. The average molecular weight is 324 g/mol. The zero-order valence-corrected chi connectivity index (χ0v) is 13.4. The molecule has 1 aliphatic rings. The molecule has 6 nitrogen and oxygen atoms in total. The normalized spacial score (nSPS) is 15.9. The fourth-order valence-electron chi connectivity index (χ4n) is 2.57. The van der Waals surface area contributed by atoms with Crippen LogP contribution in [0, 0.1) is 0 Å². The molecule has 24 heavy (non-hydrogen) atoms. The lowest BCUT2D eigenvalue weighted by Crippen LogP contribution is -2.29. The van der Waals surface area contributed by atoms with E-state index in [0.717, 1.165) is 10.5 Å². The van der Waals surface area contributed by atoms with Crippen molar-refractivity contribution in [1.82, 2.24) is 4.98 Å². The summed E-state index contributed by atoms with van der Waals surface area (Å²) in [7, 11) is 3.01. The molecule has 0 radical (unpaired) electrons. The van der Waals surface area contributed by atoms with E-state index in [9.17, 15) is 9.59 Å².